The van der Waals surface area contributed by atoms with Gasteiger partial charge in [0.2, 0.25) is 11.9 Å². The number of carbonyl (C=O) groups is 4. The van der Waals surface area contributed by atoms with Crippen LogP contribution in [0, 0.1) is 0 Å². The summed E-state index contributed by atoms with van der Waals surface area (Å²) in [6, 6.07) is 18.1. The highest BCUT2D eigenvalue weighted by molar-refractivity contribution is 6.35. The van der Waals surface area contributed by atoms with Crippen molar-refractivity contribution in [2.24, 2.45) is 0 Å². The summed E-state index contributed by atoms with van der Waals surface area (Å²) in [5.41, 5.74) is 1.56. The molecule has 0 aliphatic heterocycles. The number of methoxy groups -OCH3 is 2. The number of aromatic nitrogens is 3. The Morgan fingerprint density at radius 1 is 0.855 bits per heavy atom. The number of rotatable bonds is 16. The molecule has 1 fully saturated rings. The zero-order valence-corrected chi connectivity index (χ0v) is 30.2. The van der Waals surface area contributed by atoms with Gasteiger partial charge in [-0.3, -0.25) is 14.4 Å². The maximum atomic E-state index is 13.1. The van der Waals surface area contributed by atoms with Crippen LogP contribution < -0.4 is 36.1 Å². The zero-order valence-electron chi connectivity index (χ0n) is 29.5. The van der Waals surface area contributed by atoms with Gasteiger partial charge in [0, 0.05) is 29.4 Å². The van der Waals surface area contributed by atoms with Gasteiger partial charge in [0.1, 0.15) is 11.8 Å². The van der Waals surface area contributed by atoms with E-state index in [1.165, 1.54) is 31.4 Å². The largest absolute Gasteiger partial charge is 0.497 e. The van der Waals surface area contributed by atoms with Crippen LogP contribution in [0.3, 0.4) is 0 Å². The molecule has 5 N–H and O–H groups in total. The second-order valence-electron chi connectivity index (χ2n) is 12.2. The zero-order chi connectivity index (χ0) is 39.6. The van der Waals surface area contributed by atoms with Crippen molar-refractivity contribution < 1.29 is 46.6 Å². The molecule has 1 aliphatic carbocycles. The van der Waals surface area contributed by atoms with Crippen molar-refractivity contribution in [1.82, 2.24) is 30.9 Å². The number of nitrogens with zero attached hydrogens (tertiary/aromatic N) is 3. The average molecular weight is 785 g/mol. The van der Waals surface area contributed by atoms with Gasteiger partial charge in [-0.2, -0.15) is 28.1 Å². The van der Waals surface area contributed by atoms with E-state index < -0.39 is 54.1 Å². The Hall–Kier alpha value is -6.17. The Kier molecular flexibility index (Phi) is 12.9. The number of carbonyl (C=O) groups excluding carboxylic acids is 4. The summed E-state index contributed by atoms with van der Waals surface area (Å²) in [4.78, 5) is 62.4. The third-order valence-electron chi connectivity index (χ3n) is 8.21. The molecule has 0 radical (unpaired) electrons. The van der Waals surface area contributed by atoms with Crippen LogP contribution in [0.1, 0.15) is 40.7 Å². The van der Waals surface area contributed by atoms with E-state index in [0.29, 0.717) is 29.3 Å². The van der Waals surface area contributed by atoms with Crippen LogP contribution in [0.15, 0.2) is 72.8 Å². The number of halogens is 4. The first-order valence-corrected chi connectivity index (χ1v) is 17.1. The Morgan fingerprint density at radius 3 is 2.13 bits per heavy atom. The number of anilines is 3. The molecule has 19 heteroatoms. The van der Waals surface area contributed by atoms with E-state index in [1.807, 2.05) is 12.1 Å². The lowest BCUT2D eigenvalue weighted by Gasteiger charge is -2.19. The molecule has 3 amide bonds. The molecule has 55 heavy (non-hydrogen) atoms. The summed E-state index contributed by atoms with van der Waals surface area (Å²) in [5.74, 6) is -2.78. The normalized spacial score (nSPS) is 13.4. The molecular formula is C36H36ClF3N8O7. The monoisotopic (exact) mass is 784 g/mol. The number of ether oxygens (including phenoxy) is 3. The van der Waals surface area contributed by atoms with Crippen molar-refractivity contribution in [3.8, 4) is 11.8 Å². The number of benzene rings is 3. The van der Waals surface area contributed by atoms with Gasteiger partial charge in [-0.1, -0.05) is 35.9 Å². The summed E-state index contributed by atoms with van der Waals surface area (Å²) in [5, 5.41) is 14.1. The number of alkyl halides is 3. The standard InChI is InChI=1S/C36H36ClF3N8O7/c1-53-26-13-3-21(4-14-26)19-42-30(51)29(50)41-18-15-27(31(52)54-2)44-28(49)22-5-11-25(12-6-22)43-32-45-33(47-34(46-32)55-20-36(38,39)40)48-35(16-17-35)23-7-9-24(37)10-8-23/h3-14,27H,15-20H2,1-2H3,(H,41,50)(H,42,51)(H,44,49)(H2,43,45,46,47,48)/t27-/m0/s1. The predicted molar refractivity (Wildman–Crippen MR) is 193 cm³/mol. The lowest BCUT2D eigenvalue weighted by molar-refractivity contribution is -0.154. The first-order chi connectivity index (χ1) is 26.3. The summed E-state index contributed by atoms with van der Waals surface area (Å²) in [6.07, 6.45) is -3.31. The molecule has 15 nitrogen and oxygen atoms in total. The summed E-state index contributed by atoms with van der Waals surface area (Å²) in [6.45, 7) is -1.67. The lowest BCUT2D eigenvalue weighted by atomic mass is 10.1. The van der Waals surface area contributed by atoms with E-state index in [0.717, 1.165) is 18.2 Å². The third kappa shape index (κ3) is 11.7. The summed E-state index contributed by atoms with van der Waals surface area (Å²) >= 11 is 6.03. The summed E-state index contributed by atoms with van der Waals surface area (Å²) in [7, 11) is 2.66. The van der Waals surface area contributed by atoms with Crippen molar-refractivity contribution in [2.75, 3.05) is 38.0 Å². The van der Waals surface area contributed by atoms with E-state index in [2.05, 4.69) is 41.5 Å². The maximum Gasteiger partial charge on any atom is 0.422 e. The van der Waals surface area contributed by atoms with Gasteiger partial charge in [0.15, 0.2) is 6.61 Å². The molecule has 4 aromatic rings. The number of hydrogen-bond donors (Lipinski definition) is 5. The molecule has 0 unspecified atom stereocenters. The van der Waals surface area contributed by atoms with Gasteiger partial charge in [-0.05, 0) is 78.9 Å². The number of hydrogen-bond acceptors (Lipinski definition) is 12. The van der Waals surface area contributed by atoms with Gasteiger partial charge >= 0.3 is 30.0 Å². The van der Waals surface area contributed by atoms with Crippen molar-refractivity contribution in [3.63, 3.8) is 0 Å². The molecule has 3 aromatic carbocycles. The van der Waals surface area contributed by atoms with Crippen molar-refractivity contribution >= 4 is 52.9 Å². The molecule has 1 aromatic heterocycles. The number of amides is 3. The van der Waals surface area contributed by atoms with E-state index >= 15 is 0 Å². The Morgan fingerprint density at radius 2 is 1.51 bits per heavy atom. The van der Waals surface area contributed by atoms with Crippen LogP contribution in [-0.2, 0) is 31.2 Å². The SMILES string of the molecule is COC(=O)[C@H](CCNC(=O)C(=O)NCc1ccc(OC)cc1)NC(=O)c1ccc(Nc2nc(NC3(c4ccc(Cl)cc4)CC3)nc(OCC(F)(F)F)n2)cc1. The fourth-order valence-electron chi connectivity index (χ4n) is 5.16. The molecule has 1 aliphatic rings. The third-order valence-corrected chi connectivity index (χ3v) is 8.46. The Balaban J connectivity index is 1.18. The van der Waals surface area contributed by atoms with Crippen LogP contribution in [-0.4, -0.2) is 78.2 Å². The molecule has 5 rings (SSSR count). The maximum absolute atomic E-state index is 13.1. The highest BCUT2D eigenvalue weighted by atomic mass is 35.5. The highest BCUT2D eigenvalue weighted by Gasteiger charge is 2.45. The minimum Gasteiger partial charge on any atom is -0.497 e. The van der Waals surface area contributed by atoms with Crippen molar-refractivity contribution in [3.05, 3.63) is 94.5 Å². The molecule has 0 saturated heterocycles. The molecule has 290 valence electrons. The molecule has 1 heterocycles. The van der Waals surface area contributed by atoms with Gasteiger partial charge in [-0.15, -0.1) is 0 Å². The number of nitrogens with one attached hydrogen (secondary N) is 5. The first kappa shape index (κ1) is 40.0. The predicted octanol–water partition coefficient (Wildman–Crippen LogP) is 4.41. The van der Waals surface area contributed by atoms with Gasteiger partial charge in [-0.25, -0.2) is 4.79 Å². The first-order valence-electron chi connectivity index (χ1n) is 16.7. The van der Waals surface area contributed by atoms with Crippen molar-refractivity contribution in [1.29, 1.82) is 0 Å². The average Bonchev–Trinajstić information content (AvgIpc) is 3.95. The van der Waals surface area contributed by atoms with Gasteiger partial charge in [0.05, 0.1) is 19.8 Å². The molecule has 0 spiro atoms. The number of esters is 1. The molecule has 0 bridgehead atoms. The highest BCUT2D eigenvalue weighted by Crippen LogP contribution is 2.48. The van der Waals surface area contributed by atoms with Gasteiger partial charge < -0.3 is 40.8 Å². The van der Waals surface area contributed by atoms with E-state index in [1.54, 1.807) is 36.4 Å². The van der Waals surface area contributed by atoms with Crippen LogP contribution >= 0.6 is 11.6 Å². The fraction of sp³-hybridized carbons (Fsp3) is 0.306. The molecule has 1 saturated carbocycles. The Bertz CT molecular complexity index is 1980. The van der Waals surface area contributed by atoms with Gasteiger partial charge in [0.25, 0.3) is 5.91 Å². The second kappa shape index (κ2) is 17.8. The van der Waals surface area contributed by atoms with Crippen LogP contribution in [0.5, 0.6) is 11.8 Å². The van der Waals surface area contributed by atoms with Crippen LogP contribution in [0.2, 0.25) is 5.02 Å². The minimum atomic E-state index is -4.64. The fourth-order valence-corrected chi connectivity index (χ4v) is 5.28. The smallest absolute Gasteiger partial charge is 0.422 e. The molecule has 1 atom stereocenters. The van der Waals surface area contributed by atoms with Crippen LogP contribution in [0.4, 0.5) is 30.8 Å². The van der Waals surface area contributed by atoms with Crippen molar-refractivity contribution in [2.45, 2.75) is 43.6 Å². The minimum absolute atomic E-state index is 0.0302. The quantitative estimate of drug-likeness (QED) is 0.0795. The lowest BCUT2D eigenvalue weighted by Crippen LogP contribution is -2.45. The topological polar surface area (TPSA) is 195 Å². The van der Waals surface area contributed by atoms with E-state index in [4.69, 9.17) is 25.8 Å². The van der Waals surface area contributed by atoms with Crippen LogP contribution in [0.25, 0.3) is 0 Å². The van der Waals surface area contributed by atoms with E-state index in [-0.39, 0.29) is 37.0 Å². The molecular weight excluding hydrogens is 749 g/mol. The Labute approximate surface area is 317 Å². The second-order valence-corrected chi connectivity index (χ2v) is 12.6. The van der Waals surface area contributed by atoms with E-state index in [9.17, 15) is 32.3 Å². The summed E-state index contributed by atoms with van der Waals surface area (Å²) < 4.78 is 53.6.